The van der Waals surface area contributed by atoms with Gasteiger partial charge in [0.2, 0.25) is 0 Å². The maximum Gasteiger partial charge on any atom is 3.00 e. The van der Waals surface area contributed by atoms with E-state index in [9.17, 15) is 0 Å². The van der Waals surface area contributed by atoms with E-state index in [0.29, 0.717) is 0 Å². The number of anilines is 1. The molecule has 5 nitrogen and oxygen atoms in total. The van der Waals surface area contributed by atoms with E-state index in [1.807, 2.05) is 30.7 Å². The number of pyridine rings is 2. The monoisotopic (exact) mass is 743 g/mol. The number of aromatic nitrogens is 3. The number of para-hydroxylation sites is 1. The molecule has 0 bridgehead atoms. The first-order valence-corrected chi connectivity index (χ1v) is 14.3. The summed E-state index contributed by atoms with van der Waals surface area (Å²) in [4.78, 5) is 13.2. The summed E-state index contributed by atoms with van der Waals surface area (Å²) in [6, 6.07) is 39.5. The van der Waals surface area contributed by atoms with Crippen LogP contribution in [0, 0.1) is 18.9 Å². The third kappa shape index (κ3) is 3.88. The van der Waals surface area contributed by atoms with Crippen LogP contribution in [0.1, 0.15) is 5.56 Å². The predicted octanol–water partition coefficient (Wildman–Crippen LogP) is 8.48. The quantitative estimate of drug-likeness (QED) is 0.116. The third-order valence-corrected chi connectivity index (χ3v) is 8.48. The van der Waals surface area contributed by atoms with Gasteiger partial charge in [-0.25, -0.2) is 0 Å². The number of rotatable bonds is 0. The summed E-state index contributed by atoms with van der Waals surface area (Å²) in [5.74, 6) is 0. The summed E-state index contributed by atoms with van der Waals surface area (Å²) >= 11 is 0. The Morgan fingerprint density at radius 1 is 0.727 bits per heavy atom. The van der Waals surface area contributed by atoms with E-state index in [0.717, 1.165) is 22.1 Å². The Bertz CT molecular complexity index is 2430. The zero-order valence-electron chi connectivity index (χ0n) is 23.7. The van der Waals surface area contributed by atoms with Crippen molar-refractivity contribution in [2.24, 2.45) is 0 Å². The number of benzene rings is 5. The Balaban J connectivity index is 0.000000135. The van der Waals surface area contributed by atoms with Crippen molar-refractivity contribution >= 4 is 60.3 Å². The van der Waals surface area contributed by atoms with Gasteiger partial charge in [-0.1, -0.05) is 96.3 Å². The van der Waals surface area contributed by atoms with Gasteiger partial charge in [0.05, 0.1) is 0 Å². The number of nitrogens with zero attached hydrogens (tertiary/aromatic N) is 5. The molecule has 0 atom stereocenters. The first-order chi connectivity index (χ1) is 21.3. The molecule has 44 heavy (non-hydrogen) atoms. The van der Waals surface area contributed by atoms with Gasteiger partial charge in [0, 0.05) is 22.8 Å². The Labute approximate surface area is 268 Å². The molecule has 6 heteroatoms. The van der Waals surface area contributed by atoms with E-state index in [-0.39, 0.29) is 20.1 Å². The standard InChI is InChI=1S/C22H12N3.C16H12N2.Ir/c1-2-5-16-14(4-1)7-8-15-9-10-18-17-6-3-11-24-21(17)19-12-23-13-25(19)22(18)20(15)16;1-17-10-16-14-8-3-2-6-12(14)13-7-4-5-9-15(13)18(16)11-17;/h1-11,13H;2-8,10-11H,1H3;/q-1;-2;+3. The summed E-state index contributed by atoms with van der Waals surface area (Å²) in [7, 11) is 2.05. The molecule has 5 aromatic carbocycles. The van der Waals surface area contributed by atoms with E-state index >= 15 is 0 Å². The van der Waals surface area contributed by atoms with Crippen LogP contribution in [0.5, 0.6) is 0 Å². The second-order valence-corrected chi connectivity index (χ2v) is 11.0. The Hall–Kier alpha value is -5.03. The van der Waals surface area contributed by atoms with E-state index in [2.05, 4.69) is 141 Å². The molecular formula is C38H24IrN5. The van der Waals surface area contributed by atoms with Crippen molar-refractivity contribution in [2.75, 3.05) is 11.9 Å². The minimum absolute atomic E-state index is 0. The van der Waals surface area contributed by atoms with Crippen LogP contribution in [-0.4, -0.2) is 26.3 Å². The first kappa shape index (κ1) is 26.6. The maximum atomic E-state index is 4.58. The predicted molar refractivity (Wildman–Crippen MR) is 175 cm³/mol. The van der Waals surface area contributed by atoms with Gasteiger partial charge in [0.15, 0.2) is 0 Å². The molecule has 0 saturated carbocycles. The first-order valence-electron chi connectivity index (χ1n) is 14.3. The summed E-state index contributed by atoms with van der Waals surface area (Å²) in [5.41, 5.74) is 9.20. The van der Waals surface area contributed by atoms with Gasteiger partial charge < -0.3 is 24.2 Å². The van der Waals surface area contributed by atoms with Crippen molar-refractivity contribution in [3.8, 4) is 11.1 Å². The fraction of sp³-hybridized carbons (Fsp3) is 0.0263. The molecule has 0 spiro atoms. The second kappa shape index (κ2) is 10.3. The SMILES string of the molecule is CN1C=C2c3ccccc3-c3ccc[c-]c3N2[CH-]1.[Ir+3].[c-]1ncn2c1c1ncccc1c1ccc3ccc4ccccc4c3c12. The van der Waals surface area contributed by atoms with Gasteiger partial charge in [0.25, 0.3) is 0 Å². The molecule has 5 heterocycles. The van der Waals surface area contributed by atoms with Crippen molar-refractivity contribution in [1.82, 2.24) is 19.3 Å². The fourth-order valence-electron chi connectivity index (χ4n) is 6.65. The Morgan fingerprint density at radius 2 is 1.50 bits per heavy atom. The molecule has 0 fully saturated rings. The molecule has 10 rings (SSSR count). The van der Waals surface area contributed by atoms with Crippen LogP contribution in [0.4, 0.5) is 5.69 Å². The molecule has 0 amide bonds. The minimum Gasteiger partial charge on any atom is -0.510 e. The summed E-state index contributed by atoms with van der Waals surface area (Å²) in [6.07, 6.45) is 8.94. The zero-order chi connectivity index (χ0) is 28.5. The molecule has 0 N–H and O–H groups in total. The average molecular weight is 743 g/mol. The maximum absolute atomic E-state index is 4.58. The van der Waals surface area contributed by atoms with Crippen molar-refractivity contribution < 1.29 is 20.1 Å². The summed E-state index contributed by atoms with van der Waals surface area (Å²) < 4.78 is 2.12. The number of fused-ring (bicyclic) bond motifs is 16. The third-order valence-electron chi connectivity index (χ3n) is 8.48. The largest absolute Gasteiger partial charge is 3.00 e. The van der Waals surface area contributed by atoms with Gasteiger partial charge in [-0.2, -0.15) is 30.9 Å². The summed E-state index contributed by atoms with van der Waals surface area (Å²) in [5, 5.41) is 7.29. The van der Waals surface area contributed by atoms with Crippen LogP contribution in [-0.2, 0) is 20.1 Å². The molecule has 0 radical (unpaired) electrons. The van der Waals surface area contributed by atoms with Crippen LogP contribution < -0.4 is 4.90 Å². The van der Waals surface area contributed by atoms with Crippen LogP contribution in [0.15, 0.2) is 122 Å². The van der Waals surface area contributed by atoms with Crippen molar-refractivity contribution in [1.29, 1.82) is 0 Å². The summed E-state index contributed by atoms with van der Waals surface area (Å²) in [6.45, 7) is 2.10. The van der Waals surface area contributed by atoms with Gasteiger partial charge in [-0.3, -0.25) is 0 Å². The molecule has 0 unspecified atom stereocenters. The molecular weight excluding hydrogens is 719 g/mol. The number of hydrogen-bond donors (Lipinski definition) is 0. The molecule has 2 aliphatic heterocycles. The molecule has 0 saturated heterocycles. The fourth-order valence-corrected chi connectivity index (χ4v) is 6.65. The second-order valence-electron chi connectivity index (χ2n) is 11.0. The van der Waals surface area contributed by atoms with Gasteiger partial charge >= 0.3 is 20.1 Å². The van der Waals surface area contributed by atoms with Crippen LogP contribution in [0.25, 0.3) is 65.7 Å². The van der Waals surface area contributed by atoms with Gasteiger partial charge in [0.1, 0.15) is 0 Å². The molecule has 210 valence electrons. The normalized spacial score (nSPS) is 13.3. The molecule has 0 aliphatic carbocycles. The van der Waals surface area contributed by atoms with Crippen molar-refractivity contribution in [3.63, 3.8) is 0 Å². The molecule has 2 aliphatic rings. The number of imidazole rings is 1. The average Bonchev–Trinajstić information content (AvgIpc) is 3.72. The molecule has 3 aromatic heterocycles. The number of hydrogen-bond acceptors (Lipinski definition) is 4. The van der Waals surface area contributed by atoms with Crippen LogP contribution >= 0.6 is 0 Å². The van der Waals surface area contributed by atoms with Crippen molar-refractivity contribution in [3.05, 3.63) is 146 Å². The van der Waals surface area contributed by atoms with E-state index in [4.69, 9.17) is 0 Å². The smallest absolute Gasteiger partial charge is 0.510 e. The topological polar surface area (TPSA) is 36.7 Å². The van der Waals surface area contributed by atoms with E-state index in [1.54, 1.807) is 0 Å². The van der Waals surface area contributed by atoms with Gasteiger partial charge in [-0.05, 0) is 69.2 Å². The Kier molecular flexibility index (Phi) is 6.23. The minimum atomic E-state index is 0. The van der Waals surface area contributed by atoms with Crippen molar-refractivity contribution in [2.45, 2.75) is 0 Å². The molecule has 8 aromatic rings. The van der Waals surface area contributed by atoms with Crippen LogP contribution in [0.2, 0.25) is 0 Å². The van der Waals surface area contributed by atoms with Gasteiger partial charge in [-0.15, -0.1) is 5.56 Å². The zero-order valence-corrected chi connectivity index (χ0v) is 26.1. The Morgan fingerprint density at radius 3 is 2.43 bits per heavy atom. The van der Waals surface area contributed by atoms with E-state index < -0.39 is 0 Å². The van der Waals surface area contributed by atoms with E-state index in [1.165, 1.54) is 54.8 Å². The van der Waals surface area contributed by atoms with Crippen LogP contribution in [0.3, 0.4) is 0 Å².